The summed E-state index contributed by atoms with van der Waals surface area (Å²) in [5.74, 6) is -1.85. The predicted molar refractivity (Wildman–Crippen MR) is 87.5 cm³/mol. The summed E-state index contributed by atoms with van der Waals surface area (Å²) >= 11 is 0. The van der Waals surface area contributed by atoms with Crippen molar-refractivity contribution in [1.82, 2.24) is 0 Å². The number of aliphatic carboxylic acids is 1. The number of ether oxygens (including phenoxy) is 3. The second-order valence-corrected chi connectivity index (χ2v) is 6.52. The van der Waals surface area contributed by atoms with Gasteiger partial charge in [-0.15, -0.1) is 0 Å². The monoisotopic (exact) mass is 351 g/mol. The summed E-state index contributed by atoms with van der Waals surface area (Å²) in [6.07, 6.45) is -2.30. The lowest BCUT2D eigenvalue weighted by atomic mass is 10.2. The molecule has 136 valence electrons. The van der Waals surface area contributed by atoms with Gasteiger partial charge in [-0.3, -0.25) is 14.5 Å². The molecular formula is C17H21NO7. The quantitative estimate of drug-likeness (QED) is 0.607. The van der Waals surface area contributed by atoms with Crippen molar-refractivity contribution in [2.24, 2.45) is 0 Å². The minimum absolute atomic E-state index is 0.353. The fraction of sp³-hybridized carbons (Fsp3) is 0.471. The number of esters is 1. The molecule has 1 N–H and O–H groups in total. The third kappa shape index (κ3) is 4.93. The Morgan fingerprint density at radius 3 is 2.20 bits per heavy atom. The first-order chi connectivity index (χ1) is 11.6. The first-order valence-electron chi connectivity index (χ1n) is 7.68. The number of hydrogen-bond donors (Lipinski definition) is 1. The molecule has 0 aliphatic carbocycles. The van der Waals surface area contributed by atoms with Crippen molar-refractivity contribution in [2.45, 2.75) is 38.6 Å². The topological polar surface area (TPSA) is 106 Å². The van der Waals surface area contributed by atoms with E-state index in [-0.39, 0.29) is 6.54 Å². The van der Waals surface area contributed by atoms with E-state index in [0.717, 1.165) is 4.90 Å². The van der Waals surface area contributed by atoms with Gasteiger partial charge in [0.15, 0.2) is 12.2 Å². The number of carboxylic acids is 1. The normalized spacial score (nSPS) is 19.0. The molecular weight excluding hydrogens is 330 g/mol. The van der Waals surface area contributed by atoms with E-state index in [1.54, 1.807) is 45.0 Å². The number of hydrogen-bond acceptors (Lipinski definition) is 6. The fourth-order valence-electron chi connectivity index (χ4n) is 2.20. The second-order valence-electron chi connectivity index (χ2n) is 6.52. The van der Waals surface area contributed by atoms with Crippen LogP contribution in [0.5, 0.6) is 5.75 Å². The number of benzene rings is 1. The van der Waals surface area contributed by atoms with Crippen LogP contribution in [0.3, 0.4) is 0 Å². The fourth-order valence-corrected chi connectivity index (χ4v) is 2.20. The number of rotatable bonds is 6. The molecule has 2 rings (SSSR count). The number of nitrogens with zero attached hydrogens (tertiary/aromatic N) is 1. The van der Waals surface area contributed by atoms with Crippen molar-refractivity contribution >= 4 is 23.5 Å². The summed E-state index contributed by atoms with van der Waals surface area (Å²) < 4.78 is 15.2. The van der Waals surface area contributed by atoms with Crippen LogP contribution >= 0.6 is 0 Å². The van der Waals surface area contributed by atoms with Crippen LogP contribution in [0.15, 0.2) is 24.3 Å². The van der Waals surface area contributed by atoms with Crippen LogP contribution in [0.1, 0.15) is 20.8 Å². The largest absolute Gasteiger partial charge is 0.497 e. The third-order valence-corrected chi connectivity index (χ3v) is 3.34. The zero-order chi connectivity index (χ0) is 18.8. The number of carbonyl (C=O) groups excluding carboxylic acids is 2. The first-order valence-corrected chi connectivity index (χ1v) is 7.68. The van der Waals surface area contributed by atoms with Crippen LogP contribution in [-0.2, 0) is 23.9 Å². The highest BCUT2D eigenvalue weighted by molar-refractivity contribution is 6.04. The molecule has 0 radical (unpaired) electrons. The molecule has 25 heavy (non-hydrogen) atoms. The lowest BCUT2D eigenvalue weighted by molar-refractivity contribution is -0.153. The van der Waals surface area contributed by atoms with Gasteiger partial charge in [0.2, 0.25) is 0 Å². The standard InChI is InChI=1S/C17H21NO7/c1-17(2,3)25-12(19)9-18(10-5-7-11(23-4)8-6-10)15(20)13-14(24-13)16(21)22/h5-8,13-14H,9H2,1-4H3,(H,21,22)/t13-,14+/m1/s1. The average molecular weight is 351 g/mol. The molecule has 1 fully saturated rings. The van der Waals surface area contributed by atoms with Crippen molar-refractivity contribution in [3.05, 3.63) is 24.3 Å². The lowest BCUT2D eigenvalue weighted by Crippen LogP contribution is -2.41. The van der Waals surface area contributed by atoms with Crippen molar-refractivity contribution in [1.29, 1.82) is 0 Å². The van der Waals surface area contributed by atoms with E-state index in [0.29, 0.717) is 11.4 Å². The number of carbonyl (C=O) groups is 3. The number of amides is 1. The molecule has 1 saturated heterocycles. The molecule has 8 nitrogen and oxygen atoms in total. The molecule has 0 spiro atoms. The summed E-state index contributed by atoms with van der Waals surface area (Å²) in [6.45, 7) is 4.80. The van der Waals surface area contributed by atoms with E-state index in [9.17, 15) is 14.4 Å². The van der Waals surface area contributed by atoms with Gasteiger partial charge in [-0.1, -0.05) is 0 Å². The van der Waals surface area contributed by atoms with Gasteiger partial charge in [0.05, 0.1) is 7.11 Å². The molecule has 0 saturated carbocycles. The zero-order valence-corrected chi connectivity index (χ0v) is 14.5. The van der Waals surface area contributed by atoms with Gasteiger partial charge in [0.25, 0.3) is 5.91 Å². The Morgan fingerprint density at radius 1 is 1.16 bits per heavy atom. The average Bonchev–Trinajstić information content (AvgIpc) is 3.31. The van der Waals surface area contributed by atoms with Gasteiger partial charge in [0, 0.05) is 5.69 Å². The predicted octanol–water partition coefficient (Wildman–Crippen LogP) is 1.22. The molecule has 0 aromatic heterocycles. The molecule has 1 aromatic rings. The van der Waals surface area contributed by atoms with Crippen molar-refractivity contribution in [2.75, 3.05) is 18.6 Å². The van der Waals surface area contributed by atoms with Gasteiger partial charge in [-0.05, 0) is 45.0 Å². The molecule has 2 atom stereocenters. The summed E-state index contributed by atoms with van der Waals surface area (Å²) in [5.41, 5.74) is -0.290. The SMILES string of the molecule is COc1ccc(N(CC(=O)OC(C)(C)C)C(=O)[C@@H]2O[C@@H]2C(=O)O)cc1. The highest BCUT2D eigenvalue weighted by atomic mass is 16.6. The van der Waals surface area contributed by atoms with Crippen LogP contribution in [0, 0.1) is 0 Å². The van der Waals surface area contributed by atoms with E-state index >= 15 is 0 Å². The first kappa shape index (κ1) is 18.7. The van der Waals surface area contributed by atoms with Gasteiger partial charge in [0.1, 0.15) is 17.9 Å². The maximum Gasteiger partial charge on any atom is 0.336 e. The molecule has 8 heteroatoms. The Kier molecular flexibility index (Phi) is 5.32. The van der Waals surface area contributed by atoms with E-state index in [1.165, 1.54) is 7.11 Å². The van der Waals surface area contributed by atoms with E-state index in [2.05, 4.69) is 0 Å². The van der Waals surface area contributed by atoms with E-state index in [4.69, 9.17) is 19.3 Å². The van der Waals surface area contributed by atoms with Crippen LogP contribution in [0.2, 0.25) is 0 Å². The van der Waals surface area contributed by atoms with E-state index in [1.807, 2.05) is 0 Å². The van der Waals surface area contributed by atoms with Crippen molar-refractivity contribution in [3.8, 4) is 5.75 Å². The summed E-state index contributed by atoms with van der Waals surface area (Å²) in [7, 11) is 1.51. The molecule has 1 aliphatic heterocycles. The Morgan fingerprint density at radius 2 is 1.76 bits per heavy atom. The third-order valence-electron chi connectivity index (χ3n) is 3.34. The highest BCUT2D eigenvalue weighted by Gasteiger charge is 2.52. The second kappa shape index (κ2) is 7.10. The summed E-state index contributed by atoms with van der Waals surface area (Å²) in [4.78, 5) is 36.8. The van der Waals surface area contributed by atoms with Crippen molar-refractivity contribution < 1.29 is 33.7 Å². The molecule has 1 aromatic carbocycles. The van der Waals surface area contributed by atoms with Crippen LogP contribution in [-0.4, -0.2) is 54.4 Å². The summed E-state index contributed by atoms with van der Waals surface area (Å²) in [5, 5.41) is 8.92. The Bertz CT molecular complexity index is 663. The summed E-state index contributed by atoms with van der Waals surface area (Å²) in [6, 6.07) is 6.46. The molecule has 0 unspecified atom stereocenters. The van der Waals surface area contributed by atoms with Gasteiger partial charge < -0.3 is 19.3 Å². The van der Waals surface area contributed by atoms with Gasteiger partial charge >= 0.3 is 11.9 Å². The Labute approximate surface area is 145 Å². The van der Waals surface area contributed by atoms with Crippen LogP contribution < -0.4 is 9.64 Å². The zero-order valence-electron chi connectivity index (χ0n) is 14.5. The lowest BCUT2D eigenvalue weighted by Gasteiger charge is -2.25. The van der Waals surface area contributed by atoms with Crippen LogP contribution in [0.4, 0.5) is 5.69 Å². The highest BCUT2D eigenvalue weighted by Crippen LogP contribution is 2.28. The van der Waals surface area contributed by atoms with Gasteiger partial charge in [-0.2, -0.15) is 0 Å². The number of methoxy groups -OCH3 is 1. The Balaban J connectivity index is 2.20. The molecule has 1 aliphatic rings. The molecule has 0 bridgehead atoms. The molecule has 1 heterocycles. The number of carboxylic acid groups (broad SMARTS) is 1. The smallest absolute Gasteiger partial charge is 0.336 e. The number of epoxide rings is 1. The minimum Gasteiger partial charge on any atom is -0.497 e. The Hall–Kier alpha value is -2.61. The van der Waals surface area contributed by atoms with Crippen LogP contribution in [0.25, 0.3) is 0 Å². The maximum absolute atomic E-state index is 12.6. The van der Waals surface area contributed by atoms with E-state index < -0.39 is 35.7 Å². The minimum atomic E-state index is -1.22. The maximum atomic E-state index is 12.6. The van der Waals surface area contributed by atoms with Crippen molar-refractivity contribution in [3.63, 3.8) is 0 Å². The van der Waals surface area contributed by atoms with Gasteiger partial charge in [-0.25, -0.2) is 4.79 Å². The molecule has 1 amide bonds. The number of anilines is 1.